The standard InChI is InChI=1S/C13H19N5O3/c1-3-21-13(20)11-12(10-8-14-17(2)9-10)18(16-15-11)6-4-5-7-19/h8-9,19H,3-7H2,1-2H3. The molecule has 0 amide bonds. The number of aliphatic hydroxyl groups excluding tert-OH is 1. The first kappa shape index (κ1) is 15.2. The van der Waals surface area contributed by atoms with Crippen molar-refractivity contribution in [3.8, 4) is 11.3 Å². The van der Waals surface area contributed by atoms with E-state index in [4.69, 9.17) is 9.84 Å². The van der Waals surface area contributed by atoms with Crippen LogP contribution in [0.25, 0.3) is 11.3 Å². The fourth-order valence-electron chi connectivity index (χ4n) is 2.01. The summed E-state index contributed by atoms with van der Waals surface area (Å²) in [5, 5.41) is 20.9. The summed E-state index contributed by atoms with van der Waals surface area (Å²) < 4.78 is 8.31. The predicted molar refractivity (Wildman–Crippen MR) is 74.5 cm³/mol. The van der Waals surface area contributed by atoms with Gasteiger partial charge in [-0.3, -0.25) is 4.68 Å². The fourth-order valence-corrected chi connectivity index (χ4v) is 2.01. The van der Waals surface area contributed by atoms with Crippen molar-refractivity contribution in [1.82, 2.24) is 24.8 Å². The molecule has 0 atom stereocenters. The van der Waals surface area contributed by atoms with Gasteiger partial charge in [0.2, 0.25) is 0 Å². The summed E-state index contributed by atoms with van der Waals surface area (Å²) in [5.74, 6) is -0.496. The maximum atomic E-state index is 12.0. The Kier molecular flexibility index (Phi) is 5.04. The van der Waals surface area contributed by atoms with Crippen LogP contribution >= 0.6 is 0 Å². The van der Waals surface area contributed by atoms with Gasteiger partial charge in [0.1, 0.15) is 5.69 Å². The molecular weight excluding hydrogens is 274 g/mol. The van der Waals surface area contributed by atoms with Gasteiger partial charge in [-0.1, -0.05) is 5.21 Å². The van der Waals surface area contributed by atoms with Gasteiger partial charge in [0.05, 0.1) is 12.8 Å². The maximum absolute atomic E-state index is 12.0. The van der Waals surface area contributed by atoms with Crippen LogP contribution in [0.4, 0.5) is 0 Å². The van der Waals surface area contributed by atoms with Crippen LogP contribution in [0.1, 0.15) is 30.3 Å². The van der Waals surface area contributed by atoms with Crippen LogP contribution in [0, 0.1) is 0 Å². The number of rotatable bonds is 7. The van der Waals surface area contributed by atoms with Crippen LogP contribution in [-0.2, 0) is 18.3 Å². The molecule has 0 saturated heterocycles. The molecule has 0 aliphatic carbocycles. The Balaban J connectivity index is 2.35. The van der Waals surface area contributed by atoms with Crippen LogP contribution in [-0.4, -0.2) is 49.1 Å². The second kappa shape index (κ2) is 6.98. The van der Waals surface area contributed by atoms with Crippen LogP contribution in [0.5, 0.6) is 0 Å². The normalized spacial score (nSPS) is 10.8. The molecule has 0 saturated carbocycles. The molecule has 0 aliphatic rings. The monoisotopic (exact) mass is 293 g/mol. The topological polar surface area (TPSA) is 95.1 Å². The first-order valence-corrected chi connectivity index (χ1v) is 6.87. The van der Waals surface area contributed by atoms with Crippen molar-refractivity contribution in [2.45, 2.75) is 26.3 Å². The number of nitrogens with zero attached hydrogens (tertiary/aromatic N) is 5. The van der Waals surface area contributed by atoms with E-state index in [0.29, 0.717) is 18.7 Å². The number of ether oxygens (including phenoxy) is 1. The van der Waals surface area contributed by atoms with Gasteiger partial charge in [-0.05, 0) is 19.8 Å². The number of esters is 1. The zero-order chi connectivity index (χ0) is 15.2. The molecule has 0 fully saturated rings. The summed E-state index contributed by atoms with van der Waals surface area (Å²) in [6.07, 6.45) is 4.87. The Labute approximate surface area is 122 Å². The molecule has 0 aliphatic heterocycles. The minimum Gasteiger partial charge on any atom is -0.461 e. The van der Waals surface area contributed by atoms with Crippen molar-refractivity contribution < 1.29 is 14.6 Å². The molecule has 2 rings (SSSR count). The van der Waals surface area contributed by atoms with E-state index in [0.717, 1.165) is 12.0 Å². The lowest BCUT2D eigenvalue weighted by atomic mass is 10.2. The molecule has 2 heterocycles. The highest BCUT2D eigenvalue weighted by Gasteiger charge is 2.23. The van der Waals surface area contributed by atoms with Crippen molar-refractivity contribution >= 4 is 5.97 Å². The van der Waals surface area contributed by atoms with Crippen molar-refractivity contribution in [2.24, 2.45) is 7.05 Å². The van der Waals surface area contributed by atoms with E-state index in [1.165, 1.54) is 0 Å². The molecular formula is C13H19N5O3. The Bertz CT molecular complexity index is 605. The third-order valence-electron chi connectivity index (χ3n) is 2.96. The molecule has 2 aromatic rings. The molecule has 0 unspecified atom stereocenters. The van der Waals surface area contributed by atoms with Gasteiger partial charge in [0.15, 0.2) is 5.69 Å². The first-order valence-electron chi connectivity index (χ1n) is 6.87. The molecule has 114 valence electrons. The summed E-state index contributed by atoms with van der Waals surface area (Å²) in [4.78, 5) is 12.0. The third-order valence-corrected chi connectivity index (χ3v) is 2.96. The van der Waals surface area contributed by atoms with Crippen molar-refractivity contribution in [1.29, 1.82) is 0 Å². The summed E-state index contributed by atoms with van der Waals surface area (Å²) in [6.45, 7) is 2.72. The summed E-state index contributed by atoms with van der Waals surface area (Å²) in [6, 6.07) is 0. The molecule has 21 heavy (non-hydrogen) atoms. The number of carbonyl (C=O) groups excluding carboxylic acids is 1. The fraction of sp³-hybridized carbons (Fsp3) is 0.538. The number of hydrogen-bond donors (Lipinski definition) is 1. The Morgan fingerprint density at radius 3 is 2.86 bits per heavy atom. The predicted octanol–water partition coefficient (Wildman–Crippen LogP) is 0.628. The van der Waals surface area contributed by atoms with Crippen molar-refractivity contribution in [3.05, 3.63) is 18.1 Å². The van der Waals surface area contributed by atoms with E-state index in [1.807, 2.05) is 0 Å². The minimum absolute atomic E-state index is 0.127. The van der Waals surface area contributed by atoms with E-state index < -0.39 is 5.97 Å². The zero-order valence-corrected chi connectivity index (χ0v) is 12.2. The van der Waals surface area contributed by atoms with Gasteiger partial charge < -0.3 is 9.84 Å². The molecule has 2 aromatic heterocycles. The number of unbranched alkanes of at least 4 members (excludes halogenated alkanes) is 1. The second-order valence-corrected chi connectivity index (χ2v) is 4.56. The number of aryl methyl sites for hydroxylation is 2. The van der Waals surface area contributed by atoms with E-state index in [-0.39, 0.29) is 18.9 Å². The average molecular weight is 293 g/mol. The average Bonchev–Trinajstić information content (AvgIpc) is 3.05. The SMILES string of the molecule is CCOC(=O)c1nnn(CCCCO)c1-c1cnn(C)c1. The summed E-state index contributed by atoms with van der Waals surface area (Å²) in [5.41, 5.74) is 1.54. The van der Waals surface area contributed by atoms with Gasteiger partial charge in [-0.2, -0.15) is 5.10 Å². The van der Waals surface area contributed by atoms with E-state index in [1.54, 1.807) is 35.7 Å². The molecule has 8 nitrogen and oxygen atoms in total. The van der Waals surface area contributed by atoms with E-state index in [2.05, 4.69) is 15.4 Å². The molecule has 0 radical (unpaired) electrons. The van der Waals surface area contributed by atoms with Gasteiger partial charge in [-0.15, -0.1) is 5.10 Å². The van der Waals surface area contributed by atoms with Gasteiger partial charge in [0, 0.05) is 32.0 Å². The van der Waals surface area contributed by atoms with Crippen molar-refractivity contribution in [3.63, 3.8) is 0 Å². The van der Waals surface area contributed by atoms with Crippen LogP contribution < -0.4 is 0 Å². The molecule has 0 bridgehead atoms. The highest BCUT2D eigenvalue weighted by atomic mass is 16.5. The van der Waals surface area contributed by atoms with E-state index >= 15 is 0 Å². The largest absolute Gasteiger partial charge is 0.461 e. The highest BCUT2D eigenvalue weighted by molar-refractivity contribution is 5.93. The maximum Gasteiger partial charge on any atom is 0.361 e. The quantitative estimate of drug-likeness (QED) is 0.594. The number of aliphatic hydroxyl groups is 1. The first-order chi connectivity index (χ1) is 10.2. The Morgan fingerprint density at radius 2 is 2.24 bits per heavy atom. The van der Waals surface area contributed by atoms with Gasteiger partial charge in [-0.25, -0.2) is 9.48 Å². The smallest absolute Gasteiger partial charge is 0.361 e. The van der Waals surface area contributed by atoms with Crippen LogP contribution in [0.2, 0.25) is 0 Å². The Hall–Kier alpha value is -2.22. The Morgan fingerprint density at radius 1 is 1.43 bits per heavy atom. The van der Waals surface area contributed by atoms with Gasteiger partial charge >= 0.3 is 5.97 Å². The van der Waals surface area contributed by atoms with Crippen molar-refractivity contribution in [2.75, 3.05) is 13.2 Å². The van der Waals surface area contributed by atoms with Gasteiger partial charge in [0.25, 0.3) is 0 Å². The molecule has 1 N–H and O–H groups in total. The number of carbonyl (C=O) groups is 1. The van der Waals surface area contributed by atoms with Crippen LogP contribution in [0.15, 0.2) is 12.4 Å². The minimum atomic E-state index is -0.496. The molecule has 0 spiro atoms. The van der Waals surface area contributed by atoms with E-state index in [9.17, 15) is 4.79 Å². The number of aromatic nitrogens is 5. The lowest BCUT2D eigenvalue weighted by Crippen LogP contribution is -2.08. The second-order valence-electron chi connectivity index (χ2n) is 4.56. The summed E-state index contributed by atoms with van der Waals surface area (Å²) in [7, 11) is 1.80. The third kappa shape index (κ3) is 3.46. The number of hydrogen-bond acceptors (Lipinski definition) is 6. The lowest BCUT2D eigenvalue weighted by molar-refractivity contribution is 0.0520. The molecule has 8 heteroatoms. The lowest BCUT2D eigenvalue weighted by Gasteiger charge is -2.05. The highest BCUT2D eigenvalue weighted by Crippen LogP contribution is 2.22. The molecule has 0 aromatic carbocycles. The zero-order valence-electron chi connectivity index (χ0n) is 12.2. The van der Waals surface area contributed by atoms with Crippen LogP contribution in [0.3, 0.4) is 0 Å². The summed E-state index contributed by atoms with van der Waals surface area (Å²) >= 11 is 0.